The summed E-state index contributed by atoms with van der Waals surface area (Å²) in [6.07, 6.45) is 0. The standard InChI is InChI=1S/C27H26N2O6/c1-27(2,3)35-26(32)24(29)18-9-7-17(8-10-18)16-33-23-14-22(12-11-20(23)15-28)34-21-6-4-5-19(13-21)25(30)31/h4-14,24H,16,29H2,1-3H3,(H,30,31). The SMILES string of the molecule is CC(C)(C)OC(=O)C(N)c1ccc(COc2cc(Oc3cccc(C(=O)O)c3)ccc2C#N)cc1. The van der Waals surface area contributed by atoms with Gasteiger partial charge in [0.1, 0.15) is 41.6 Å². The number of ether oxygens (including phenoxy) is 3. The number of nitrogens with two attached hydrogens (primary N) is 1. The lowest BCUT2D eigenvalue weighted by Gasteiger charge is -2.22. The molecule has 0 aliphatic heterocycles. The normalized spacial score (nSPS) is 11.7. The second kappa shape index (κ2) is 10.7. The van der Waals surface area contributed by atoms with Gasteiger partial charge in [-0.05, 0) is 62.2 Å². The predicted octanol–water partition coefficient (Wildman–Crippen LogP) is 4.97. The van der Waals surface area contributed by atoms with Gasteiger partial charge in [0.05, 0.1) is 11.1 Å². The Morgan fingerprint density at radius 2 is 1.71 bits per heavy atom. The molecule has 180 valence electrons. The smallest absolute Gasteiger partial charge is 0.335 e. The minimum absolute atomic E-state index is 0.0995. The summed E-state index contributed by atoms with van der Waals surface area (Å²) in [6, 6.07) is 19.0. The number of hydrogen-bond donors (Lipinski definition) is 2. The lowest BCUT2D eigenvalue weighted by Crippen LogP contribution is -2.31. The van der Waals surface area contributed by atoms with Crippen LogP contribution in [0.15, 0.2) is 66.7 Å². The monoisotopic (exact) mass is 474 g/mol. The second-order valence-electron chi connectivity index (χ2n) is 8.75. The molecule has 8 nitrogen and oxygen atoms in total. The summed E-state index contributed by atoms with van der Waals surface area (Å²) in [6.45, 7) is 5.50. The highest BCUT2D eigenvalue weighted by molar-refractivity contribution is 5.88. The van der Waals surface area contributed by atoms with E-state index in [1.54, 1.807) is 75.4 Å². The molecule has 0 aliphatic rings. The van der Waals surface area contributed by atoms with Crippen molar-refractivity contribution < 1.29 is 28.9 Å². The summed E-state index contributed by atoms with van der Waals surface area (Å²) < 4.78 is 16.9. The summed E-state index contributed by atoms with van der Waals surface area (Å²) in [4.78, 5) is 23.4. The van der Waals surface area contributed by atoms with Gasteiger partial charge in [-0.1, -0.05) is 30.3 Å². The molecule has 3 rings (SSSR count). The van der Waals surface area contributed by atoms with Crippen LogP contribution in [-0.4, -0.2) is 22.6 Å². The van der Waals surface area contributed by atoms with E-state index in [2.05, 4.69) is 6.07 Å². The van der Waals surface area contributed by atoms with Crippen molar-refractivity contribution in [2.75, 3.05) is 0 Å². The molecule has 0 spiro atoms. The van der Waals surface area contributed by atoms with Gasteiger partial charge in [0, 0.05) is 6.07 Å². The van der Waals surface area contributed by atoms with Crippen molar-refractivity contribution in [2.24, 2.45) is 5.73 Å². The first-order valence-corrected chi connectivity index (χ1v) is 10.8. The molecule has 8 heteroatoms. The predicted molar refractivity (Wildman–Crippen MR) is 128 cm³/mol. The first-order chi connectivity index (χ1) is 16.6. The molecule has 0 saturated heterocycles. The first kappa shape index (κ1) is 25.3. The van der Waals surface area contributed by atoms with E-state index in [1.165, 1.54) is 12.1 Å². The van der Waals surface area contributed by atoms with Crippen molar-refractivity contribution in [3.05, 3.63) is 89.0 Å². The number of nitrogens with zero attached hydrogens (tertiary/aromatic N) is 1. The zero-order valence-corrected chi connectivity index (χ0v) is 19.6. The highest BCUT2D eigenvalue weighted by atomic mass is 16.6. The molecule has 0 aromatic heterocycles. The molecule has 0 bridgehead atoms. The van der Waals surface area contributed by atoms with Crippen LogP contribution in [0.2, 0.25) is 0 Å². The fourth-order valence-corrected chi connectivity index (χ4v) is 3.09. The van der Waals surface area contributed by atoms with Crippen molar-refractivity contribution in [1.29, 1.82) is 5.26 Å². The van der Waals surface area contributed by atoms with Gasteiger partial charge in [-0.15, -0.1) is 0 Å². The van der Waals surface area contributed by atoms with Gasteiger partial charge in [0.25, 0.3) is 0 Å². The molecule has 1 atom stereocenters. The molecule has 1 unspecified atom stereocenters. The first-order valence-electron chi connectivity index (χ1n) is 10.8. The number of carboxylic acid groups (broad SMARTS) is 1. The number of aromatic carboxylic acids is 1. The maximum atomic E-state index is 12.2. The molecule has 0 saturated carbocycles. The number of carboxylic acids is 1. The lowest BCUT2D eigenvalue weighted by molar-refractivity contribution is -0.156. The minimum atomic E-state index is -1.06. The van der Waals surface area contributed by atoms with Crippen LogP contribution >= 0.6 is 0 Å². The molecular weight excluding hydrogens is 448 g/mol. The van der Waals surface area contributed by atoms with Crippen LogP contribution in [0.5, 0.6) is 17.2 Å². The Balaban J connectivity index is 1.69. The molecule has 3 aromatic carbocycles. The van der Waals surface area contributed by atoms with E-state index in [0.717, 1.165) is 5.56 Å². The molecule has 0 aliphatic carbocycles. The topological polar surface area (TPSA) is 132 Å². The summed E-state index contributed by atoms with van der Waals surface area (Å²) >= 11 is 0. The highest BCUT2D eigenvalue weighted by Crippen LogP contribution is 2.29. The van der Waals surface area contributed by atoms with Crippen molar-refractivity contribution in [2.45, 2.75) is 39.0 Å². The average molecular weight is 475 g/mol. The van der Waals surface area contributed by atoms with Crippen molar-refractivity contribution >= 4 is 11.9 Å². The van der Waals surface area contributed by atoms with Gasteiger partial charge in [0.2, 0.25) is 0 Å². The third-order valence-corrected chi connectivity index (χ3v) is 4.78. The van der Waals surface area contributed by atoms with E-state index in [4.69, 9.17) is 25.1 Å². The van der Waals surface area contributed by atoms with Crippen LogP contribution in [0.1, 0.15) is 53.9 Å². The van der Waals surface area contributed by atoms with Crippen LogP contribution in [0, 0.1) is 11.3 Å². The summed E-state index contributed by atoms with van der Waals surface area (Å²) in [5.41, 5.74) is 7.22. The number of benzene rings is 3. The number of nitriles is 1. The van der Waals surface area contributed by atoms with E-state index in [1.807, 2.05) is 0 Å². The van der Waals surface area contributed by atoms with Crippen molar-refractivity contribution in [3.63, 3.8) is 0 Å². The number of carbonyl (C=O) groups excluding carboxylic acids is 1. The zero-order valence-electron chi connectivity index (χ0n) is 19.6. The Morgan fingerprint density at radius 3 is 2.34 bits per heavy atom. The number of carbonyl (C=O) groups is 2. The minimum Gasteiger partial charge on any atom is -0.487 e. The summed E-state index contributed by atoms with van der Waals surface area (Å²) in [7, 11) is 0. The highest BCUT2D eigenvalue weighted by Gasteiger charge is 2.23. The fourth-order valence-electron chi connectivity index (χ4n) is 3.09. The number of esters is 1. The summed E-state index contributed by atoms with van der Waals surface area (Å²) in [5, 5.41) is 18.6. The van der Waals surface area contributed by atoms with E-state index < -0.39 is 23.6 Å². The fraction of sp³-hybridized carbons (Fsp3) is 0.222. The van der Waals surface area contributed by atoms with Crippen LogP contribution in [0.25, 0.3) is 0 Å². The third-order valence-electron chi connectivity index (χ3n) is 4.78. The molecule has 0 amide bonds. The van der Waals surface area contributed by atoms with Gasteiger partial charge in [-0.25, -0.2) is 9.59 Å². The van der Waals surface area contributed by atoms with E-state index in [0.29, 0.717) is 28.4 Å². The number of hydrogen-bond acceptors (Lipinski definition) is 7. The van der Waals surface area contributed by atoms with Crippen LogP contribution in [-0.2, 0) is 16.1 Å². The van der Waals surface area contributed by atoms with Crippen molar-refractivity contribution in [1.82, 2.24) is 0 Å². The third kappa shape index (κ3) is 7.06. The van der Waals surface area contributed by atoms with Crippen LogP contribution in [0.3, 0.4) is 0 Å². The molecule has 0 fully saturated rings. The van der Waals surface area contributed by atoms with Crippen LogP contribution < -0.4 is 15.2 Å². The largest absolute Gasteiger partial charge is 0.487 e. The van der Waals surface area contributed by atoms with Gasteiger partial charge < -0.3 is 25.1 Å². The molecule has 35 heavy (non-hydrogen) atoms. The lowest BCUT2D eigenvalue weighted by atomic mass is 10.1. The Morgan fingerprint density at radius 1 is 1.03 bits per heavy atom. The molecule has 0 heterocycles. The number of rotatable bonds is 8. The maximum absolute atomic E-state index is 12.2. The Hall–Kier alpha value is -4.35. The van der Waals surface area contributed by atoms with Gasteiger partial charge >= 0.3 is 11.9 Å². The summed E-state index contributed by atoms with van der Waals surface area (Å²) in [5.74, 6) is -0.519. The average Bonchev–Trinajstić information content (AvgIpc) is 2.82. The quantitative estimate of drug-likeness (QED) is 0.437. The molecule has 0 radical (unpaired) electrons. The van der Waals surface area contributed by atoms with Gasteiger partial charge in [-0.3, -0.25) is 0 Å². The Kier molecular flexibility index (Phi) is 7.74. The Labute approximate surface area is 203 Å². The van der Waals surface area contributed by atoms with Gasteiger partial charge in [0.15, 0.2) is 0 Å². The maximum Gasteiger partial charge on any atom is 0.335 e. The molecule has 3 N–H and O–H groups in total. The zero-order chi connectivity index (χ0) is 25.6. The van der Waals surface area contributed by atoms with Crippen molar-refractivity contribution in [3.8, 4) is 23.3 Å². The van der Waals surface area contributed by atoms with E-state index in [9.17, 15) is 14.9 Å². The van der Waals surface area contributed by atoms with Crippen LogP contribution in [0.4, 0.5) is 0 Å². The van der Waals surface area contributed by atoms with Gasteiger partial charge in [-0.2, -0.15) is 5.26 Å². The molecule has 3 aromatic rings. The van der Waals surface area contributed by atoms with E-state index >= 15 is 0 Å². The van der Waals surface area contributed by atoms with E-state index in [-0.39, 0.29) is 12.2 Å². The Bertz CT molecular complexity index is 1260. The molecular formula is C27H26N2O6. The second-order valence-corrected chi connectivity index (χ2v) is 8.75.